The molecule has 0 N–H and O–H groups in total. The molecule has 4 bridgehead atoms. The molecule has 98 valence electrons. The van der Waals surface area contributed by atoms with Gasteiger partial charge in [-0.05, 0) is 18.8 Å². The fourth-order valence-corrected chi connectivity index (χ4v) is 3.62. The zero-order valence-electron chi connectivity index (χ0n) is 10.5. The summed E-state index contributed by atoms with van der Waals surface area (Å²) in [6.45, 7) is 0.502. The van der Waals surface area contributed by atoms with Gasteiger partial charge in [0.1, 0.15) is 0 Å². The summed E-state index contributed by atoms with van der Waals surface area (Å²) < 4.78 is 15.8. The third-order valence-corrected chi connectivity index (χ3v) is 4.36. The van der Waals surface area contributed by atoms with Crippen molar-refractivity contribution in [2.75, 3.05) is 20.8 Å². The molecule has 4 unspecified atom stereocenters. The predicted molar refractivity (Wildman–Crippen MR) is 60.5 cm³/mol. The Morgan fingerprint density at radius 3 is 2.94 bits per heavy atom. The first-order valence-corrected chi connectivity index (χ1v) is 6.17. The Labute approximate surface area is 105 Å². The minimum atomic E-state index is -1.26. The Morgan fingerprint density at radius 2 is 2.28 bits per heavy atom. The van der Waals surface area contributed by atoms with E-state index >= 15 is 0 Å². The molecule has 1 heterocycles. The fourth-order valence-electron chi connectivity index (χ4n) is 3.62. The minimum absolute atomic E-state index is 0.0568. The van der Waals surface area contributed by atoms with Crippen LogP contribution in [0.4, 0.5) is 0 Å². The van der Waals surface area contributed by atoms with E-state index in [9.17, 15) is 9.59 Å². The average Bonchev–Trinajstić information content (AvgIpc) is 2.42. The zero-order valence-corrected chi connectivity index (χ0v) is 10.5. The summed E-state index contributed by atoms with van der Waals surface area (Å²) in [7, 11) is 2.82. The van der Waals surface area contributed by atoms with Gasteiger partial charge in [-0.2, -0.15) is 0 Å². The van der Waals surface area contributed by atoms with Crippen molar-refractivity contribution in [2.24, 2.45) is 17.8 Å². The SMILES string of the molecule is COC(=O)C1=CC2CC3CCOC(OC)(C2=O)C13. The van der Waals surface area contributed by atoms with Crippen LogP contribution in [0, 0.1) is 17.8 Å². The molecule has 4 rings (SSSR count). The van der Waals surface area contributed by atoms with Crippen LogP contribution in [0.15, 0.2) is 11.6 Å². The molecule has 5 nitrogen and oxygen atoms in total. The van der Waals surface area contributed by atoms with Crippen molar-refractivity contribution in [1.29, 1.82) is 0 Å². The molecule has 0 amide bonds. The van der Waals surface area contributed by atoms with E-state index in [0.717, 1.165) is 12.8 Å². The van der Waals surface area contributed by atoms with E-state index in [1.165, 1.54) is 14.2 Å². The second kappa shape index (κ2) is 3.90. The fraction of sp³-hybridized carbons (Fsp3) is 0.692. The second-order valence-corrected chi connectivity index (χ2v) is 5.07. The molecule has 5 heteroatoms. The molecule has 4 atom stereocenters. The lowest BCUT2D eigenvalue weighted by Crippen LogP contribution is -2.64. The standard InChI is InChI=1S/C13H16O5/c1-16-12(15)9-6-8-5-7-3-4-18-13(17-2,10(7)9)11(8)14/h6-8,10H,3-5H2,1-2H3. The Hall–Kier alpha value is -1.20. The molecule has 0 radical (unpaired) electrons. The molecular weight excluding hydrogens is 236 g/mol. The molecule has 0 spiro atoms. The first kappa shape index (κ1) is 11.9. The maximum absolute atomic E-state index is 12.4. The number of ether oxygens (including phenoxy) is 3. The van der Waals surface area contributed by atoms with Crippen molar-refractivity contribution in [3.63, 3.8) is 0 Å². The first-order chi connectivity index (χ1) is 8.64. The van der Waals surface area contributed by atoms with Crippen molar-refractivity contribution in [1.82, 2.24) is 0 Å². The maximum Gasteiger partial charge on any atom is 0.333 e. The number of carbonyl (C=O) groups excluding carboxylic acids is 2. The van der Waals surface area contributed by atoms with E-state index in [0.29, 0.717) is 12.2 Å². The quantitative estimate of drug-likeness (QED) is 0.676. The summed E-state index contributed by atoms with van der Waals surface area (Å²) in [5.41, 5.74) is 0.542. The summed E-state index contributed by atoms with van der Waals surface area (Å²) >= 11 is 0. The molecule has 1 saturated carbocycles. The monoisotopic (exact) mass is 252 g/mol. The lowest BCUT2D eigenvalue weighted by Gasteiger charge is -2.54. The van der Waals surface area contributed by atoms with Crippen LogP contribution in [-0.2, 0) is 23.8 Å². The van der Waals surface area contributed by atoms with Gasteiger partial charge in [0.15, 0.2) is 5.78 Å². The summed E-state index contributed by atoms with van der Waals surface area (Å²) in [6, 6.07) is 0. The number of Topliss-reactive ketones (excluding diaryl/α,β-unsaturated/α-hetero) is 1. The van der Waals surface area contributed by atoms with Crippen molar-refractivity contribution >= 4 is 11.8 Å². The van der Waals surface area contributed by atoms with Crippen LogP contribution in [-0.4, -0.2) is 38.4 Å². The molecule has 2 fully saturated rings. The van der Waals surface area contributed by atoms with E-state index in [2.05, 4.69) is 0 Å². The van der Waals surface area contributed by atoms with Crippen LogP contribution in [0.3, 0.4) is 0 Å². The van der Waals surface area contributed by atoms with Gasteiger partial charge in [0, 0.05) is 18.6 Å². The Balaban J connectivity index is 2.10. The molecule has 3 aliphatic carbocycles. The van der Waals surface area contributed by atoms with Gasteiger partial charge in [0.05, 0.1) is 19.6 Å². The number of esters is 1. The van der Waals surface area contributed by atoms with Crippen molar-refractivity contribution < 1.29 is 23.8 Å². The maximum atomic E-state index is 12.4. The number of allylic oxidation sites excluding steroid dienone is 1. The highest BCUT2D eigenvalue weighted by atomic mass is 16.7. The number of methoxy groups -OCH3 is 2. The van der Waals surface area contributed by atoms with Gasteiger partial charge in [-0.3, -0.25) is 4.79 Å². The van der Waals surface area contributed by atoms with Gasteiger partial charge < -0.3 is 14.2 Å². The van der Waals surface area contributed by atoms with Gasteiger partial charge in [0.2, 0.25) is 5.79 Å². The summed E-state index contributed by atoms with van der Waals surface area (Å²) in [5.74, 6) is -2.03. The molecule has 0 aromatic heterocycles. The third kappa shape index (κ3) is 1.29. The van der Waals surface area contributed by atoms with Crippen LogP contribution in [0.5, 0.6) is 0 Å². The number of carbonyl (C=O) groups is 2. The predicted octanol–water partition coefficient (Wildman–Crippen LogP) is 0.684. The lowest BCUT2D eigenvalue weighted by atomic mass is 9.59. The lowest BCUT2D eigenvalue weighted by molar-refractivity contribution is -0.276. The third-order valence-electron chi connectivity index (χ3n) is 4.36. The number of hydrogen-bond acceptors (Lipinski definition) is 5. The highest BCUT2D eigenvalue weighted by Crippen LogP contribution is 2.53. The molecule has 18 heavy (non-hydrogen) atoms. The minimum Gasteiger partial charge on any atom is -0.466 e. The van der Waals surface area contributed by atoms with Crippen LogP contribution in [0.1, 0.15) is 12.8 Å². The van der Waals surface area contributed by atoms with Crippen molar-refractivity contribution in [3.8, 4) is 0 Å². The first-order valence-electron chi connectivity index (χ1n) is 6.17. The Kier molecular flexibility index (Phi) is 2.57. The van der Waals surface area contributed by atoms with E-state index < -0.39 is 5.79 Å². The van der Waals surface area contributed by atoms with Gasteiger partial charge >= 0.3 is 5.97 Å². The molecule has 1 aliphatic heterocycles. The van der Waals surface area contributed by atoms with Gasteiger partial charge in [-0.1, -0.05) is 6.08 Å². The van der Waals surface area contributed by atoms with Crippen LogP contribution >= 0.6 is 0 Å². The second-order valence-electron chi connectivity index (χ2n) is 5.07. The average molecular weight is 252 g/mol. The number of hydrogen-bond donors (Lipinski definition) is 0. The molecular formula is C13H16O5. The summed E-state index contributed by atoms with van der Waals surface area (Å²) in [6.07, 6.45) is 3.38. The van der Waals surface area contributed by atoms with Crippen LogP contribution < -0.4 is 0 Å². The topological polar surface area (TPSA) is 61.8 Å². The van der Waals surface area contributed by atoms with Gasteiger partial charge in [-0.15, -0.1) is 0 Å². The van der Waals surface area contributed by atoms with E-state index in [-0.39, 0.29) is 29.5 Å². The Bertz CT molecular complexity index is 441. The largest absolute Gasteiger partial charge is 0.466 e. The highest BCUT2D eigenvalue weighted by molar-refractivity contribution is 6.00. The normalized spacial score (nSPS) is 41.6. The summed E-state index contributed by atoms with van der Waals surface area (Å²) in [4.78, 5) is 24.2. The van der Waals surface area contributed by atoms with E-state index in [4.69, 9.17) is 14.2 Å². The van der Waals surface area contributed by atoms with Gasteiger partial charge in [-0.25, -0.2) is 4.79 Å². The molecule has 1 saturated heterocycles. The van der Waals surface area contributed by atoms with Gasteiger partial charge in [0.25, 0.3) is 0 Å². The smallest absolute Gasteiger partial charge is 0.333 e. The van der Waals surface area contributed by atoms with Crippen molar-refractivity contribution in [2.45, 2.75) is 18.6 Å². The number of rotatable bonds is 2. The highest BCUT2D eigenvalue weighted by Gasteiger charge is 2.63. The molecule has 0 aromatic rings. The number of ketones is 1. The molecule has 0 aromatic carbocycles. The summed E-state index contributed by atoms with van der Waals surface area (Å²) in [5, 5.41) is 0. The van der Waals surface area contributed by atoms with Crippen LogP contribution in [0.2, 0.25) is 0 Å². The van der Waals surface area contributed by atoms with Crippen molar-refractivity contribution in [3.05, 3.63) is 11.6 Å². The van der Waals surface area contributed by atoms with E-state index in [1.807, 2.05) is 0 Å². The van der Waals surface area contributed by atoms with Crippen LogP contribution in [0.25, 0.3) is 0 Å². The molecule has 4 aliphatic rings. The Morgan fingerprint density at radius 1 is 1.50 bits per heavy atom. The zero-order chi connectivity index (χ0) is 12.9. The van der Waals surface area contributed by atoms with E-state index in [1.54, 1.807) is 6.08 Å².